The molecule has 23 heavy (non-hydrogen) atoms. The highest BCUT2D eigenvalue weighted by Crippen LogP contribution is 2.24. The monoisotopic (exact) mass is 330 g/mol. The molecule has 1 saturated heterocycles. The van der Waals surface area contributed by atoms with Crippen LogP contribution in [0.2, 0.25) is 0 Å². The largest absolute Gasteiger partial charge is 0.394 e. The molecule has 0 radical (unpaired) electrons. The molecule has 0 unspecified atom stereocenters. The minimum atomic E-state index is -1.16. The summed E-state index contributed by atoms with van der Waals surface area (Å²) in [7, 11) is 0. The van der Waals surface area contributed by atoms with Crippen LogP contribution in [0.5, 0.6) is 0 Å². The Balaban J connectivity index is 2.88. The highest BCUT2D eigenvalue weighted by atomic mass is 16.7. The lowest BCUT2D eigenvalue weighted by molar-refractivity contribution is -0.274. The van der Waals surface area contributed by atoms with Crippen LogP contribution in [0.3, 0.4) is 0 Å². The van der Waals surface area contributed by atoms with Gasteiger partial charge in [0.15, 0.2) is 6.29 Å². The van der Waals surface area contributed by atoms with Gasteiger partial charge in [0, 0.05) is 18.4 Å². The lowest BCUT2D eigenvalue weighted by atomic mass is 9.96. The number of nitrogens with one attached hydrogen (secondary N) is 1. The molecule has 0 spiro atoms. The lowest BCUT2D eigenvalue weighted by Crippen LogP contribution is -2.65. The van der Waals surface area contributed by atoms with E-state index < -0.39 is 37.3 Å². The minimum absolute atomic E-state index is 0.0488. The SMILES string of the molecule is C=CCO[C@H]1[C@H](O)[C@@H](CO)O[C@@H](OCCN=[N+]=[N-])[C@@H]1NC(C)=O. The summed E-state index contributed by atoms with van der Waals surface area (Å²) in [6.07, 6.45) is -2.41. The van der Waals surface area contributed by atoms with Gasteiger partial charge in [0.05, 0.1) is 19.8 Å². The summed E-state index contributed by atoms with van der Waals surface area (Å²) in [5, 5.41) is 25.5. The van der Waals surface area contributed by atoms with Gasteiger partial charge in [-0.25, -0.2) is 0 Å². The summed E-state index contributed by atoms with van der Waals surface area (Å²) in [4.78, 5) is 14.0. The maximum absolute atomic E-state index is 11.4. The summed E-state index contributed by atoms with van der Waals surface area (Å²) in [5.74, 6) is -0.357. The van der Waals surface area contributed by atoms with Crippen molar-refractivity contribution in [3.63, 3.8) is 0 Å². The number of carbonyl (C=O) groups excluding carboxylic acids is 1. The van der Waals surface area contributed by atoms with Gasteiger partial charge in [-0.2, -0.15) is 0 Å². The van der Waals surface area contributed by atoms with E-state index in [0.29, 0.717) is 0 Å². The number of hydrogen-bond acceptors (Lipinski definition) is 7. The molecule has 1 heterocycles. The maximum Gasteiger partial charge on any atom is 0.217 e. The number of ether oxygens (including phenoxy) is 3. The molecule has 0 bridgehead atoms. The fourth-order valence-corrected chi connectivity index (χ4v) is 2.23. The van der Waals surface area contributed by atoms with Crippen molar-refractivity contribution >= 4 is 5.91 Å². The van der Waals surface area contributed by atoms with E-state index in [0.717, 1.165) is 0 Å². The Kier molecular flexibility index (Phi) is 8.56. The number of hydrogen-bond donors (Lipinski definition) is 3. The van der Waals surface area contributed by atoms with Crippen LogP contribution in [-0.2, 0) is 19.0 Å². The van der Waals surface area contributed by atoms with Crippen molar-refractivity contribution in [1.82, 2.24) is 5.32 Å². The van der Waals surface area contributed by atoms with Crippen LogP contribution in [0.25, 0.3) is 10.4 Å². The second-order valence-corrected chi connectivity index (χ2v) is 4.85. The molecule has 0 aromatic heterocycles. The standard InChI is InChI=1S/C13H22N4O6/c1-3-5-21-12-10(16-8(2)19)13(22-6-4-15-17-14)23-9(7-18)11(12)20/h3,9-13,18,20H,1,4-7H2,2H3,(H,16,19)/t9-,10-,11-,12-,13-/m1/s1. The van der Waals surface area contributed by atoms with Crippen LogP contribution in [0.15, 0.2) is 17.8 Å². The van der Waals surface area contributed by atoms with Crippen molar-refractivity contribution in [1.29, 1.82) is 0 Å². The highest BCUT2D eigenvalue weighted by molar-refractivity contribution is 5.73. The lowest BCUT2D eigenvalue weighted by Gasteiger charge is -2.44. The van der Waals surface area contributed by atoms with Crippen LogP contribution in [0, 0.1) is 0 Å². The fourth-order valence-electron chi connectivity index (χ4n) is 2.23. The number of rotatable bonds is 9. The zero-order valence-electron chi connectivity index (χ0n) is 12.9. The van der Waals surface area contributed by atoms with Crippen LogP contribution < -0.4 is 5.32 Å². The third-order valence-corrected chi connectivity index (χ3v) is 3.17. The van der Waals surface area contributed by atoms with Crippen LogP contribution in [0.1, 0.15) is 6.92 Å². The number of carbonyl (C=O) groups is 1. The zero-order valence-corrected chi connectivity index (χ0v) is 12.9. The van der Waals surface area contributed by atoms with Gasteiger partial charge in [-0.3, -0.25) is 4.79 Å². The Morgan fingerprint density at radius 3 is 2.87 bits per heavy atom. The summed E-state index contributed by atoms with van der Waals surface area (Å²) in [6.45, 7) is 4.66. The predicted octanol–water partition coefficient (Wildman–Crippen LogP) is -0.533. The molecular formula is C13H22N4O6. The first-order valence-corrected chi connectivity index (χ1v) is 7.11. The molecule has 10 heteroatoms. The number of amides is 1. The predicted molar refractivity (Wildman–Crippen MR) is 79.3 cm³/mol. The van der Waals surface area contributed by atoms with E-state index in [9.17, 15) is 15.0 Å². The van der Waals surface area contributed by atoms with Crippen molar-refractivity contribution < 1.29 is 29.2 Å². The Labute approximate surface area is 133 Å². The molecule has 1 aliphatic heterocycles. The number of aliphatic hydroxyl groups is 2. The molecule has 1 rings (SSSR count). The first-order chi connectivity index (χ1) is 11.0. The van der Waals surface area contributed by atoms with E-state index in [4.69, 9.17) is 19.7 Å². The normalized spacial score (nSPS) is 30.3. The van der Waals surface area contributed by atoms with Gasteiger partial charge < -0.3 is 29.7 Å². The van der Waals surface area contributed by atoms with E-state index >= 15 is 0 Å². The smallest absolute Gasteiger partial charge is 0.217 e. The van der Waals surface area contributed by atoms with Crippen molar-refractivity contribution in [2.45, 2.75) is 37.6 Å². The van der Waals surface area contributed by atoms with Gasteiger partial charge in [0.1, 0.15) is 24.4 Å². The van der Waals surface area contributed by atoms with Crippen molar-refractivity contribution in [3.8, 4) is 0 Å². The molecule has 0 aromatic carbocycles. The van der Waals surface area contributed by atoms with Crippen molar-refractivity contribution in [3.05, 3.63) is 23.1 Å². The van der Waals surface area contributed by atoms with Gasteiger partial charge in [-0.1, -0.05) is 11.2 Å². The van der Waals surface area contributed by atoms with Crippen LogP contribution in [-0.4, -0.2) is 73.1 Å². The first-order valence-electron chi connectivity index (χ1n) is 7.11. The van der Waals surface area contributed by atoms with E-state index in [2.05, 4.69) is 21.9 Å². The molecule has 130 valence electrons. The number of nitrogens with zero attached hydrogens (tertiary/aromatic N) is 3. The molecule has 1 fully saturated rings. The van der Waals surface area contributed by atoms with E-state index in [1.54, 1.807) is 0 Å². The van der Waals surface area contributed by atoms with E-state index in [1.807, 2.05) is 0 Å². The van der Waals surface area contributed by atoms with E-state index in [1.165, 1.54) is 13.0 Å². The Bertz CT molecular complexity index is 442. The molecule has 0 saturated carbocycles. The summed E-state index contributed by atoms with van der Waals surface area (Å²) in [6, 6.07) is -0.795. The summed E-state index contributed by atoms with van der Waals surface area (Å²) in [5.41, 5.74) is 8.25. The Morgan fingerprint density at radius 2 is 2.30 bits per heavy atom. The number of aliphatic hydroxyl groups excluding tert-OH is 2. The van der Waals surface area contributed by atoms with Gasteiger partial charge in [0.2, 0.25) is 5.91 Å². The Hall–Kier alpha value is -1.68. The molecular weight excluding hydrogens is 308 g/mol. The first kappa shape index (κ1) is 19.4. The van der Waals surface area contributed by atoms with E-state index in [-0.39, 0.29) is 25.7 Å². The Morgan fingerprint density at radius 1 is 1.57 bits per heavy atom. The topological polar surface area (TPSA) is 146 Å². The number of azide groups is 1. The second-order valence-electron chi connectivity index (χ2n) is 4.85. The molecule has 1 aliphatic rings. The maximum atomic E-state index is 11.4. The third kappa shape index (κ3) is 5.79. The van der Waals surface area contributed by atoms with Crippen LogP contribution in [0.4, 0.5) is 0 Å². The summed E-state index contributed by atoms with van der Waals surface area (Å²) >= 11 is 0. The molecule has 5 atom stereocenters. The average molecular weight is 330 g/mol. The zero-order chi connectivity index (χ0) is 17.2. The summed E-state index contributed by atoms with van der Waals surface area (Å²) < 4.78 is 16.4. The third-order valence-electron chi connectivity index (χ3n) is 3.17. The van der Waals surface area contributed by atoms with Gasteiger partial charge in [-0.05, 0) is 5.53 Å². The van der Waals surface area contributed by atoms with Crippen LogP contribution >= 0.6 is 0 Å². The van der Waals surface area contributed by atoms with Gasteiger partial charge in [-0.15, -0.1) is 6.58 Å². The van der Waals surface area contributed by atoms with Crippen molar-refractivity contribution in [2.24, 2.45) is 5.11 Å². The van der Waals surface area contributed by atoms with Gasteiger partial charge in [0.25, 0.3) is 0 Å². The highest BCUT2D eigenvalue weighted by Gasteiger charge is 2.46. The average Bonchev–Trinajstić information content (AvgIpc) is 2.52. The molecule has 10 nitrogen and oxygen atoms in total. The molecule has 3 N–H and O–H groups in total. The fraction of sp³-hybridized carbons (Fsp3) is 0.769. The minimum Gasteiger partial charge on any atom is -0.394 e. The quantitative estimate of drug-likeness (QED) is 0.170. The molecule has 0 aromatic rings. The molecule has 1 amide bonds. The molecule has 0 aliphatic carbocycles. The second kappa shape index (κ2) is 10.2. The van der Waals surface area contributed by atoms with Gasteiger partial charge >= 0.3 is 0 Å². The van der Waals surface area contributed by atoms with Crippen molar-refractivity contribution in [2.75, 3.05) is 26.4 Å².